The lowest BCUT2D eigenvalue weighted by Crippen LogP contribution is -1.97. The number of hydrogen-bond donors (Lipinski definition) is 0. The van der Waals surface area contributed by atoms with E-state index in [1.165, 1.54) is 12.8 Å². The molecule has 1 aliphatic carbocycles. The maximum Gasteiger partial charge on any atom is 0.118 e. The van der Waals surface area contributed by atoms with E-state index in [2.05, 4.69) is 19.1 Å². The molecule has 22 heavy (non-hydrogen) atoms. The number of hydrogen-bond acceptors (Lipinski definition) is 4. The highest BCUT2D eigenvalue weighted by atomic mass is 32.2. The molecule has 1 fully saturated rings. The number of ether oxygens (including phenoxy) is 1. The van der Waals surface area contributed by atoms with Crippen molar-refractivity contribution in [2.24, 2.45) is 0 Å². The number of methoxy groups -OCH3 is 1. The van der Waals surface area contributed by atoms with Crippen LogP contribution in [-0.2, 0) is 0 Å². The van der Waals surface area contributed by atoms with E-state index in [-0.39, 0.29) is 0 Å². The van der Waals surface area contributed by atoms with Gasteiger partial charge in [-0.15, -0.1) is 11.8 Å². The molecule has 3 nitrogen and oxygen atoms in total. The van der Waals surface area contributed by atoms with Gasteiger partial charge in [-0.3, -0.25) is 0 Å². The van der Waals surface area contributed by atoms with Crippen molar-refractivity contribution in [1.82, 2.24) is 4.98 Å². The number of pyridine rings is 1. The molecule has 0 atom stereocenters. The van der Waals surface area contributed by atoms with Crippen molar-refractivity contribution in [3.05, 3.63) is 41.6 Å². The molecule has 1 aromatic carbocycles. The van der Waals surface area contributed by atoms with Crippen molar-refractivity contribution in [2.45, 2.75) is 30.7 Å². The van der Waals surface area contributed by atoms with E-state index in [4.69, 9.17) is 9.72 Å². The summed E-state index contributed by atoms with van der Waals surface area (Å²) in [5.74, 6) is 2.31. The van der Waals surface area contributed by atoms with Gasteiger partial charge in [0.2, 0.25) is 0 Å². The minimum Gasteiger partial charge on any atom is -0.497 e. The first-order valence-electron chi connectivity index (χ1n) is 7.49. The van der Waals surface area contributed by atoms with Gasteiger partial charge in [0.25, 0.3) is 0 Å². The highest BCUT2D eigenvalue weighted by Gasteiger charge is 2.27. The fourth-order valence-corrected chi connectivity index (χ4v) is 3.22. The van der Waals surface area contributed by atoms with E-state index in [1.54, 1.807) is 18.9 Å². The molecule has 0 bridgehead atoms. The van der Waals surface area contributed by atoms with Gasteiger partial charge < -0.3 is 4.74 Å². The summed E-state index contributed by atoms with van der Waals surface area (Å²) in [5.41, 5.74) is 3.83. The molecule has 4 heteroatoms. The van der Waals surface area contributed by atoms with Crippen LogP contribution in [0.3, 0.4) is 0 Å². The highest BCUT2D eigenvalue weighted by Crippen LogP contribution is 2.42. The van der Waals surface area contributed by atoms with Crippen molar-refractivity contribution in [1.29, 1.82) is 5.26 Å². The number of benzene rings is 1. The first kappa shape index (κ1) is 14.9. The second-order valence-corrected chi connectivity index (χ2v) is 6.58. The summed E-state index contributed by atoms with van der Waals surface area (Å²) in [6.07, 6.45) is 2.41. The van der Waals surface area contributed by atoms with Crippen molar-refractivity contribution < 1.29 is 4.74 Å². The van der Waals surface area contributed by atoms with E-state index >= 15 is 0 Å². The molecule has 0 amide bonds. The van der Waals surface area contributed by atoms with Gasteiger partial charge in [0, 0.05) is 17.2 Å². The SMILES string of the molecule is CCSc1nc(C2CC2)cc(-c2ccc(OC)cc2)c1C#N. The van der Waals surface area contributed by atoms with Gasteiger partial charge in [-0.2, -0.15) is 5.26 Å². The molecule has 0 N–H and O–H groups in total. The van der Waals surface area contributed by atoms with E-state index in [9.17, 15) is 5.26 Å². The maximum absolute atomic E-state index is 9.61. The average Bonchev–Trinajstić information content (AvgIpc) is 3.39. The van der Waals surface area contributed by atoms with Crippen LogP contribution in [0.2, 0.25) is 0 Å². The summed E-state index contributed by atoms with van der Waals surface area (Å²) in [6.45, 7) is 2.09. The van der Waals surface area contributed by atoms with Crippen LogP contribution in [-0.4, -0.2) is 17.8 Å². The second kappa shape index (κ2) is 6.41. The molecule has 2 aromatic rings. The Labute approximate surface area is 135 Å². The van der Waals surface area contributed by atoms with Crippen molar-refractivity contribution >= 4 is 11.8 Å². The van der Waals surface area contributed by atoms with Crippen LogP contribution in [0.4, 0.5) is 0 Å². The van der Waals surface area contributed by atoms with Gasteiger partial charge >= 0.3 is 0 Å². The molecule has 1 saturated carbocycles. The Morgan fingerprint density at radius 3 is 2.59 bits per heavy atom. The molecule has 0 radical (unpaired) electrons. The molecule has 112 valence electrons. The Hall–Kier alpha value is -1.99. The topological polar surface area (TPSA) is 45.9 Å². The third-order valence-corrected chi connectivity index (χ3v) is 4.65. The second-order valence-electron chi connectivity index (χ2n) is 5.32. The molecular weight excluding hydrogens is 292 g/mol. The smallest absolute Gasteiger partial charge is 0.118 e. The fourth-order valence-electron chi connectivity index (χ4n) is 2.48. The Morgan fingerprint density at radius 2 is 2.05 bits per heavy atom. The molecule has 1 aliphatic rings. The van der Waals surface area contributed by atoms with E-state index in [1.807, 2.05) is 24.3 Å². The summed E-state index contributed by atoms with van der Waals surface area (Å²) in [7, 11) is 1.66. The van der Waals surface area contributed by atoms with Crippen LogP contribution in [0.25, 0.3) is 11.1 Å². The zero-order chi connectivity index (χ0) is 15.5. The molecule has 1 heterocycles. The number of nitrogens with zero attached hydrogens (tertiary/aromatic N) is 2. The zero-order valence-electron chi connectivity index (χ0n) is 12.8. The average molecular weight is 310 g/mol. The van der Waals surface area contributed by atoms with E-state index in [0.29, 0.717) is 11.5 Å². The maximum atomic E-state index is 9.61. The van der Waals surface area contributed by atoms with Gasteiger partial charge in [0.1, 0.15) is 16.8 Å². The number of thioether (sulfide) groups is 1. The minimum atomic E-state index is 0.570. The van der Waals surface area contributed by atoms with Crippen molar-refractivity contribution in [2.75, 3.05) is 12.9 Å². The Morgan fingerprint density at radius 1 is 1.32 bits per heavy atom. The lowest BCUT2D eigenvalue weighted by Gasteiger charge is -2.12. The van der Waals surface area contributed by atoms with Gasteiger partial charge in [0.15, 0.2) is 0 Å². The molecule has 0 spiro atoms. The van der Waals surface area contributed by atoms with Crippen LogP contribution in [0, 0.1) is 11.3 Å². The van der Waals surface area contributed by atoms with Crippen LogP contribution in [0.5, 0.6) is 5.75 Å². The molecule has 0 saturated heterocycles. The molecule has 0 unspecified atom stereocenters. The normalized spacial score (nSPS) is 13.7. The van der Waals surface area contributed by atoms with Crippen molar-refractivity contribution in [3.63, 3.8) is 0 Å². The van der Waals surface area contributed by atoms with Gasteiger partial charge in [-0.05, 0) is 42.4 Å². The number of nitriles is 1. The first-order chi connectivity index (χ1) is 10.8. The van der Waals surface area contributed by atoms with Crippen molar-refractivity contribution in [3.8, 4) is 22.9 Å². The van der Waals surface area contributed by atoms with E-state index in [0.717, 1.165) is 33.3 Å². The van der Waals surface area contributed by atoms with Crippen LogP contribution >= 0.6 is 11.8 Å². The van der Waals surface area contributed by atoms with Crippen LogP contribution in [0.15, 0.2) is 35.4 Å². The lowest BCUT2D eigenvalue weighted by molar-refractivity contribution is 0.415. The fraction of sp³-hybridized carbons (Fsp3) is 0.333. The predicted molar refractivity (Wildman–Crippen MR) is 89.3 cm³/mol. The highest BCUT2D eigenvalue weighted by molar-refractivity contribution is 7.99. The minimum absolute atomic E-state index is 0.570. The standard InChI is InChI=1S/C18H18N2OS/c1-3-22-18-16(11-19)15(10-17(20-18)13-4-5-13)12-6-8-14(21-2)9-7-12/h6-10,13H,3-5H2,1-2H3. The summed E-state index contributed by atoms with van der Waals surface area (Å²) >= 11 is 1.64. The van der Waals surface area contributed by atoms with Gasteiger partial charge in [-0.25, -0.2) is 4.98 Å². The Balaban J connectivity index is 2.12. The summed E-state index contributed by atoms with van der Waals surface area (Å²) in [5, 5.41) is 10.5. The molecule has 0 aliphatic heterocycles. The van der Waals surface area contributed by atoms with Gasteiger partial charge in [-0.1, -0.05) is 19.1 Å². The predicted octanol–water partition coefficient (Wildman–Crippen LogP) is 4.62. The number of aromatic nitrogens is 1. The third-order valence-electron chi connectivity index (χ3n) is 3.80. The monoisotopic (exact) mass is 310 g/mol. The molecule has 1 aromatic heterocycles. The largest absolute Gasteiger partial charge is 0.497 e. The Bertz CT molecular complexity index is 715. The first-order valence-corrected chi connectivity index (χ1v) is 8.47. The number of rotatable bonds is 5. The van der Waals surface area contributed by atoms with Crippen LogP contribution in [0.1, 0.15) is 36.9 Å². The third kappa shape index (κ3) is 2.95. The molecular formula is C18H18N2OS. The molecule has 3 rings (SSSR count). The Kier molecular flexibility index (Phi) is 4.35. The summed E-state index contributed by atoms with van der Waals surface area (Å²) in [6, 6.07) is 12.3. The van der Waals surface area contributed by atoms with Gasteiger partial charge in [0.05, 0.1) is 12.7 Å². The quantitative estimate of drug-likeness (QED) is 0.756. The summed E-state index contributed by atoms with van der Waals surface area (Å²) in [4.78, 5) is 4.73. The van der Waals surface area contributed by atoms with Crippen LogP contribution < -0.4 is 4.74 Å². The lowest BCUT2D eigenvalue weighted by atomic mass is 10.00. The van der Waals surface area contributed by atoms with E-state index < -0.39 is 0 Å². The zero-order valence-corrected chi connectivity index (χ0v) is 13.6. The summed E-state index contributed by atoms with van der Waals surface area (Å²) < 4.78 is 5.21.